The lowest BCUT2D eigenvalue weighted by molar-refractivity contribution is -0.160. The van der Waals surface area contributed by atoms with Crippen molar-refractivity contribution in [2.45, 2.75) is 32.8 Å². The maximum absolute atomic E-state index is 12.6. The number of carbonyl (C=O) groups is 1. The molecule has 0 amide bonds. The van der Waals surface area contributed by atoms with Crippen LogP contribution in [0.15, 0.2) is 60.7 Å². The fraction of sp³-hybridized carbons (Fsp3) is 0.316. The summed E-state index contributed by atoms with van der Waals surface area (Å²) in [4.78, 5) is 12.6. The average molecular weight is 298 g/mol. The number of aliphatic hydroxyl groups is 1. The first-order valence-corrected chi connectivity index (χ1v) is 7.36. The first-order valence-electron chi connectivity index (χ1n) is 7.36. The Morgan fingerprint density at radius 3 is 1.95 bits per heavy atom. The number of ether oxygens (including phenoxy) is 1. The van der Waals surface area contributed by atoms with Crippen molar-refractivity contribution in [1.29, 1.82) is 0 Å². The van der Waals surface area contributed by atoms with Gasteiger partial charge in [-0.15, -0.1) is 0 Å². The van der Waals surface area contributed by atoms with Crippen LogP contribution in [0.1, 0.15) is 32.8 Å². The summed E-state index contributed by atoms with van der Waals surface area (Å²) in [5.41, 5.74) is -1.36. The Kier molecular flexibility index (Phi) is 4.67. The van der Waals surface area contributed by atoms with Crippen LogP contribution in [0.2, 0.25) is 0 Å². The molecule has 2 aromatic carbocycles. The van der Waals surface area contributed by atoms with Crippen LogP contribution in [-0.2, 0) is 10.4 Å². The molecule has 0 radical (unpaired) electrons. The molecule has 0 aliphatic carbocycles. The zero-order valence-electron chi connectivity index (χ0n) is 13.2. The number of hydrogen-bond acceptors (Lipinski definition) is 3. The normalized spacial score (nSPS) is 14.2. The van der Waals surface area contributed by atoms with E-state index in [1.54, 1.807) is 48.5 Å². The Morgan fingerprint density at radius 1 is 0.955 bits per heavy atom. The summed E-state index contributed by atoms with van der Waals surface area (Å²) in [5, 5.41) is 11.1. The molecule has 2 aromatic rings. The van der Waals surface area contributed by atoms with Crippen LogP contribution in [0, 0.1) is 5.41 Å². The van der Waals surface area contributed by atoms with Crippen molar-refractivity contribution in [2.75, 3.05) is 0 Å². The monoisotopic (exact) mass is 298 g/mol. The van der Waals surface area contributed by atoms with Crippen molar-refractivity contribution < 1.29 is 14.6 Å². The van der Waals surface area contributed by atoms with Gasteiger partial charge in [-0.25, -0.2) is 4.79 Å². The van der Waals surface area contributed by atoms with E-state index in [-0.39, 0.29) is 11.8 Å². The van der Waals surface area contributed by atoms with Crippen molar-refractivity contribution in [3.63, 3.8) is 0 Å². The van der Waals surface area contributed by atoms with Crippen molar-refractivity contribution in [3.05, 3.63) is 66.2 Å². The zero-order chi connectivity index (χ0) is 16.2. The first-order chi connectivity index (χ1) is 10.3. The van der Waals surface area contributed by atoms with Gasteiger partial charge in [0.2, 0.25) is 0 Å². The fourth-order valence-corrected chi connectivity index (χ4v) is 2.45. The van der Waals surface area contributed by atoms with Crippen LogP contribution in [-0.4, -0.2) is 11.1 Å². The Labute approximate surface area is 131 Å². The lowest BCUT2D eigenvalue weighted by Gasteiger charge is -2.32. The lowest BCUT2D eigenvalue weighted by atomic mass is 9.78. The van der Waals surface area contributed by atoms with E-state index in [2.05, 4.69) is 0 Å². The minimum absolute atomic E-state index is 0.236. The van der Waals surface area contributed by atoms with E-state index in [0.717, 1.165) is 0 Å². The number of carbonyl (C=O) groups excluding carboxylic acids is 1. The molecule has 0 aromatic heterocycles. The molecule has 1 atom stereocenters. The number of para-hydroxylation sites is 1. The summed E-state index contributed by atoms with van der Waals surface area (Å²) in [6, 6.07) is 17.8. The molecular weight excluding hydrogens is 276 g/mol. The topological polar surface area (TPSA) is 46.5 Å². The summed E-state index contributed by atoms with van der Waals surface area (Å²) in [5.74, 6) is -0.226. The Bertz CT molecular complexity index is 614. The van der Waals surface area contributed by atoms with Gasteiger partial charge in [-0.2, -0.15) is 0 Å². The molecule has 0 aliphatic heterocycles. The minimum atomic E-state index is -1.67. The summed E-state index contributed by atoms with van der Waals surface area (Å²) >= 11 is 0. The first kappa shape index (κ1) is 16.2. The van der Waals surface area contributed by atoms with Crippen molar-refractivity contribution in [3.8, 4) is 5.75 Å². The second-order valence-electron chi connectivity index (χ2n) is 6.67. The van der Waals surface area contributed by atoms with Crippen LogP contribution >= 0.6 is 0 Å². The van der Waals surface area contributed by atoms with Gasteiger partial charge in [0.05, 0.1) is 0 Å². The summed E-state index contributed by atoms with van der Waals surface area (Å²) in [6.07, 6.45) is 0.273. The van der Waals surface area contributed by atoms with Crippen molar-refractivity contribution in [1.82, 2.24) is 0 Å². The van der Waals surface area contributed by atoms with E-state index in [1.165, 1.54) is 0 Å². The van der Waals surface area contributed by atoms with Crippen LogP contribution in [0.3, 0.4) is 0 Å². The largest absolute Gasteiger partial charge is 0.424 e. The third-order valence-corrected chi connectivity index (χ3v) is 3.33. The molecule has 0 aliphatic rings. The van der Waals surface area contributed by atoms with Crippen LogP contribution in [0.25, 0.3) is 0 Å². The molecule has 0 saturated carbocycles. The Morgan fingerprint density at radius 2 is 1.45 bits per heavy atom. The summed E-state index contributed by atoms with van der Waals surface area (Å²) in [7, 11) is 0. The predicted octanol–water partition coefficient (Wildman–Crippen LogP) is 3.92. The molecule has 3 nitrogen and oxygen atoms in total. The smallest absolute Gasteiger partial charge is 0.348 e. The molecule has 0 bridgehead atoms. The van der Waals surface area contributed by atoms with E-state index < -0.39 is 11.6 Å². The van der Waals surface area contributed by atoms with E-state index >= 15 is 0 Å². The Hall–Kier alpha value is -2.13. The highest BCUT2D eigenvalue weighted by Crippen LogP contribution is 2.36. The fourth-order valence-electron chi connectivity index (χ4n) is 2.45. The van der Waals surface area contributed by atoms with Gasteiger partial charge >= 0.3 is 5.97 Å². The second-order valence-corrected chi connectivity index (χ2v) is 6.67. The van der Waals surface area contributed by atoms with Gasteiger partial charge in [0.1, 0.15) is 5.75 Å². The molecule has 0 saturated heterocycles. The van der Waals surface area contributed by atoms with E-state index in [1.807, 2.05) is 32.9 Å². The molecule has 0 spiro atoms. The van der Waals surface area contributed by atoms with Crippen LogP contribution in [0.5, 0.6) is 5.75 Å². The number of esters is 1. The maximum atomic E-state index is 12.6. The van der Waals surface area contributed by atoms with E-state index in [0.29, 0.717) is 11.3 Å². The summed E-state index contributed by atoms with van der Waals surface area (Å²) < 4.78 is 5.39. The van der Waals surface area contributed by atoms with Crippen LogP contribution in [0.4, 0.5) is 0 Å². The van der Waals surface area contributed by atoms with E-state index in [9.17, 15) is 9.90 Å². The van der Waals surface area contributed by atoms with Crippen molar-refractivity contribution in [2.24, 2.45) is 5.41 Å². The molecule has 0 fully saturated rings. The van der Waals surface area contributed by atoms with Gasteiger partial charge in [-0.1, -0.05) is 69.3 Å². The predicted molar refractivity (Wildman–Crippen MR) is 86.5 cm³/mol. The third kappa shape index (κ3) is 3.95. The molecule has 1 unspecified atom stereocenters. The number of hydrogen-bond donors (Lipinski definition) is 1. The molecule has 0 heterocycles. The standard InChI is InChI=1S/C19H22O3/c1-18(2,3)14-19(21,15-10-6-4-7-11-15)17(20)22-16-12-8-5-9-13-16/h4-13,21H,14H2,1-3H3. The Balaban J connectivity index is 2.34. The zero-order valence-corrected chi connectivity index (χ0v) is 13.2. The molecule has 2 rings (SSSR count). The third-order valence-electron chi connectivity index (χ3n) is 3.33. The number of rotatable bonds is 4. The molecule has 1 N–H and O–H groups in total. The maximum Gasteiger partial charge on any atom is 0.348 e. The molecule has 3 heteroatoms. The minimum Gasteiger partial charge on any atom is -0.424 e. The highest BCUT2D eigenvalue weighted by molar-refractivity contribution is 5.83. The van der Waals surface area contributed by atoms with E-state index in [4.69, 9.17) is 4.74 Å². The van der Waals surface area contributed by atoms with Gasteiger partial charge in [-0.3, -0.25) is 0 Å². The average Bonchev–Trinajstić information content (AvgIpc) is 2.47. The van der Waals surface area contributed by atoms with Gasteiger partial charge in [0, 0.05) is 0 Å². The number of benzene rings is 2. The van der Waals surface area contributed by atoms with Gasteiger partial charge in [0.15, 0.2) is 5.60 Å². The molecule has 116 valence electrons. The summed E-state index contributed by atoms with van der Waals surface area (Å²) in [6.45, 7) is 5.95. The lowest BCUT2D eigenvalue weighted by Crippen LogP contribution is -2.42. The van der Waals surface area contributed by atoms with Crippen molar-refractivity contribution >= 4 is 5.97 Å². The molecular formula is C19H22O3. The van der Waals surface area contributed by atoms with Gasteiger partial charge in [-0.05, 0) is 29.5 Å². The highest BCUT2D eigenvalue weighted by Gasteiger charge is 2.43. The SMILES string of the molecule is CC(C)(C)CC(O)(C(=O)Oc1ccccc1)c1ccccc1. The van der Waals surface area contributed by atoms with Gasteiger partial charge in [0.25, 0.3) is 0 Å². The second kappa shape index (κ2) is 6.32. The van der Waals surface area contributed by atoms with Crippen LogP contribution < -0.4 is 4.74 Å². The van der Waals surface area contributed by atoms with Gasteiger partial charge < -0.3 is 9.84 Å². The molecule has 22 heavy (non-hydrogen) atoms. The highest BCUT2D eigenvalue weighted by atomic mass is 16.6. The quantitative estimate of drug-likeness (QED) is 0.687.